The van der Waals surface area contributed by atoms with E-state index in [-0.39, 0.29) is 0 Å². The Labute approximate surface area is 85.7 Å². The fourth-order valence-corrected chi connectivity index (χ4v) is 3.84. The molecular weight excluding hydrogens is 174 g/mol. The molecule has 2 nitrogen and oxygen atoms in total. The minimum absolute atomic E-state index is 0.501. The fraction of sp³-hybridized carbons (Fsp3) is 0.917. The van der Waals surface area contributed by atoms with Crippen LogP contribution in [-0.4, -0.2) is 29.8 Å². The highest BCUT2D eigenvalue weighted by Crippen LogP contribution is 2.49. The summed E-state index contributed by atoms with van der Waals surface area (Å²) in [6.07, 6.45) is 8.68. The van der Waals surface area contributed by atoms with Crippen molar-refractivity contribution in [3.63, 3.8) is 0 Å². The Bertz CT molecular complexity index is 255. The topological polar surface area (TPSA) is 20.3 Å². The highest BCUT2D eigenvalue weighted by molar-refractivity contribution is 5.80. The number of hydrogen-bond acceptors (Lipinski definition) is 2. The van der Waals surface area contributed by atoms with E-state index in [1.807, 2.05) is 0 Å². The molecule has 0 aromatic heterocycles. The van der Waals surface area contributed by atoms with Gasteiger partial charge in [-0.05, 0) is 24.7 Å². The molecule has 0 radical (unpaired) electrons. The third-order valence-corrected chi connectivity index (χ3v) is 4.53. The predicted octanol–water partition coefficient (Wildman–Crippen LogP) is 1.98. The molecule has 2 aliphatic heterocycles. The van der Waals surface area contributed by atoms with Crippen LogP contribution in [-0.2, 0) is 4.79 Å². The van der Waals surface area contributed by atoms with Gasteiger partial charge in [-0.2, -0.15) is 0 Å². The molecule has 0 N–H and O–H groups in total. The van der Waals surface area contributed by atoms with Gasteiger partial charge in [0.1, 0.15) is 5.78 Å². The van der Waals surface area contributed by atoms with Gasteiger partial charge in [0.25, 0.3) is 0 Å². The predicted molar refractivity (Wildman–Crippen MR) is 55.1 cm³/mol. The summed E-state index contributed by atoms with van der Waals surface area (Å²) in [6.45, 7) is 2.34. The van der Waals surface area contributed by atoms with Gasteiger partial charge >= 0.3 is 0 Å². The number of rotatable bonds is 0. The van der Waals surface area contributed by atoms with Crippen molar-refractivity contribution in [1.29, 1.82) is 0 Å². The summed E-state index contributed by atoms with van der Waals surface area (Å²) in [4.78, 5) is 14.0. The molecule has 0 amide bonds. The molecule has 78 valence electrons. The lowest BCUT2D eigenvalue weighted by atomic mass is 9.83. The van der Waals surface area contributed by atoms with Crippen LogP contribution in [0.15, 0.2) is 0 Å². The van der Waals surface area contributed by atoms with Crippen LogP contribution in [0.3, 0.4) is 0 Å². The zero-order valence-electron chi connectivity index (χ0n) is 8.80. The normalized spacial score (nSPS) is 36.6. The van der Waals surface area contributed by atoms with Gasteiger partial charge in [0.2, 0.25) is 0 Å². The first-order valence-corrected chi connectivity index (χ1v) is 6.03. The van der Waals surface area contributed by atoms with Gasteiger partial charge < -0.3 is 0 Å². The van der Waals surface area contributed by atoms with Crippen molar-refractivity contribution in [2.45, 2.75) is 51.0 Å². The molecule has 3 rings (SSSR count). The second-order valence-corrected chi connectivity index (χ2v) is 5.53. The maximum Gasteiger partial charge on any atom is 0.135 e. The van der Waals surface area contributed by atoms with Crippen LogP contribution in [0.4, 0.5) is 0 Å². The number of ketones is 1. The average Bonchev–Trinajstić information content (AvgIpc) is 2.72. The van der Waals surface area contributed by atoms with E-state index in [1.54, 1.807) is 0 Å². The zero-order valence-corrected chi connectivity index (χ0v) is 8.80. The Hall–Kier alpha value is -0.370. The number of fused-ring (bicyclic) bond motifs is 1. The molecule has 1 saturated carbocycles. The van der Waals surface area contributed by atoms with Crippen molar-refractivity contribution in [3.05, 3.63) is 0 Å². The lowest BCUT2D eigenvalue weighted by molar-refractivity contribution is -0.122. The summed E-state index contributed by atoms with van der Waals surface area (Å²) in [6, 6.07) is 0.620. The van der Waals surface area contributed by atoms with E-state index < -0.39 is 0 Å². The highest BCUT2D eigenvalue weighted by Gasteiger charge is 2.46. The van der Waals surface area contributed by atoms with Gasteiger partial charge in [-0.1, -0.05) is 12.8 Å². The molecule has 2 heterocycles. The second-order valence-electron chi connectivity index (χ2n) is 5.53. The Morgan fingerprint density at radius 3 is 2.86 bits per heavy atom. The molecule has 2 saturated heterocycles. The minimum Gasteiger partial charge on any atom is -0.300 e. The van der Waals surface area contributed by atoms with Gasteiger partial charge in [0.05, 0.1) is 0 Å². The summed E-state index contributed by atoms with van der Waals surface area (Å²) in [5, 5.41) is 0. The molecule has 14 heavy (non-hydrogen) atoms. The molecule has 0 aromatic carbocycles. The summed E-state index contributed by atoms with van der Waals surface area (Å²) in [5.41, 5.74) is 0.634. The smallest absolute Gasteiger partial charge is 0.135 e. The Morgan fingerprint density at radius 2 is 2.07 bits per heavy atom. The van der Waals surface area contributed by atoms with Crippen LogP contribution in [0.2, 0.25) is 0 Å². The highest BCUT2D eigenvalue weighted by atomic mass is 16.1. The van der Waals surface area contributed by atoms with E-state index in [9.17, 15) is 4.79 Å². The monoisotopic (exact) mass is 193 g/mol. The summed E-state index contributed by atoms with van der Waals surface area (Å²) < 4.78 is 0. The van der Waals surface area contributed by atoms with Crippen LogP contribution in [0.1, 0.15) is 44.9 Å². The third-order valence-electron chi connectivity index (χ3n) is 4.53. The van der Waals surface area contributed by atoms with E-state index in [1.165, 1.54) is 38.6 Å². The molecule has 0 bridgehead atoms. The average molecular weight is 193 g/mol. The molecule has 1 aliphatic carbocycles. The van der Waals surface area contributed by atoms with E-state index >= 15 is 0 Å². The summed E-state index contributed by atoms with van der Waals surface area (Å²) in [7, 11) is 0. The second kappa shape index (κ2) is 3.06. The van der Waals surface area contributed by atoms with Gasteiger partial charge in [-0.25, -0.2) is 0 Å². The first-order valence-electron chi connectivity index (χ1n) is 6.03. The lowest BCUT2D eigenvalue weighted by Crippen LogP contribution is -2.38. The first-order chi connectivity index (χ1) is 6.77. The molecule has 1 spiro atoms. The first kappa shape index (κ1) is 8.90. The molecular formula is C12H19NO. The molecule has 2 heteroatoms. The van der Waals surface area contributed by atoms with Gasteiger partial charge in [-0.15, -0.1) is 0 Å². The van der Waals surface area contributed by atoms with Crippen LogP contribution in [0.5, 0.6) is 0 Å². The van der Waals surface area contributed by atoms with Crippen molar-refractivity contribution < 1.29 is 4.79 Å². The van der Waals surface area contributed by atoms with Gasteiger partial charge in [0.15, 0.2) is 0 Å². The number of piperidine rings is 1. The van der Waals surface area contributed by atoms with E-state index in [0.29, 0.717) is 17.2 Å². The van der Waals surface area contributed by atoms with Crippen molar-refractivity contribution in [2.75, 3.05) is 13.1 Å². The minimum atomic E-state index is 0.501. The number of nitrogens with zero attached hydrogens (tertiary/aromatic N) is 1. The lowest BCUT2D eigenvalue weighted by Gasteiger charge is -2.28. The van der Waals surface area contributed by atoms with Crippen molar-refractivity contribution in [3.8, 4) is 0 Å². The van der Waals surface area contributed by atoms with Crippen molar-refractivity contribution in [2.24, 2.45) is 5.41 Å². The number of hydrogen-bond donors (Lipinski definition) is 0. The Kier molecular flexibility index (Phi) is 1.94. The van der Waals surface area contributed by atoms with Crippen LogP contribution < -0.4 is 0 Å². The van der Waals surface area contributed by atoms with Crippen molar-refractivity contribution >= 4 is 5.78 Å². The molecule has 1 unspecified atom stereocenters. The largest absolute Gasteiger partial charge is 0.300 e. The maximum absolute atomic E-state index is 11.4. The molecule has 1 atom stereocenters. The quantitative estimate of drug-likeness (QED) is 0.586. The molecule has 3 fully saturated rings. The standard InChI is InChI=1S/C12H19NO/c14-11-3-6-13-9-12(4-1-2-5-12)8-10(13)7-11/h10H,1-9H2. The zero-order chi connectivity index (χ0) is 9.60. The van der Waals surface area contributed by atoms with Crippen LogP contribution in [0, 0.1) is 5.41 Å². The van der Waals surface area contributed by atoms with Crippen LogP contribution in [0.25, 0.3) is 0 Å². The number of carbonyl (C=O) groups excluding carboxylic acids is 1. The molecule has 0 aromatic rings. The fourth-order valence-electron chi connectivity index (χ4n) is 3.84. The van der Waals surface area contributed by atoms with Gasteiger partial charge in [-0.3, -0.25) is 9.69 Å². The van der Waals surface area contributed by atoms with E-state index in [0.717, 1.165) is 19.4 Å². The van der Waals surface area contributed by atoms with Crippen molar-refractivity contribution in [1.82, 2.24) is 4.90 Å². The molecule has 3 aliphatic rings. The third kappa shape index (κ3) is 1.31. The summed E-state index contributed by atoms with van der Waals surface area (Å²) >= 11 is 0. The SMILES string of the molecule is O=C1CCN2CC3(CCCC3)CC2C1. The van der Waals surface area contributed by atoms with E-state index in [4.69, 9.17) is 0 Å². The van der Waals surface area contributed by atoms with Gasteiger partial charge in [0, 0.05) is 32.0 Å². The Morgan fingerprint density at radius 1 is 1.29 bits per heavy atom. The van der Waals surface area contributed by atoms with E-state index in [2.05, 4.69) is 4.90 Å². The Balaban J connectivity index is 1.75. The summed E-state index contributed by atoms with van der Waals surface area (Å²) in [5.74, 6) is 0.501. The number of Topliss-reactive ketones (excluding diaryl/α,β-unsaturated/α-hetero) is 1. The maximum atomic E-state index is 11.4. The number of carbonyl (C=O) groups is 1. The van der Waals surface area contributed by atoms with Crippen LogP contribution >= 0.6 is 0 Å².